The number of hydrogen-bond donors (Lipinski definition) is 2. The molecule has 2 aromatic heterocycles. The highest BCUT2D eigenvalue weighted by atomic mass is 16.5. The van der Waals surface area contributed by atoms with Crippen LogP contribution in [0, 0.1) is 6.92 Å². The maximum absolute atomic E-state index is 11.9. The number of nitrogens with zero attached hydrogens (tertiary/aromatic N) is 3. The Morgan fingerprint density at radius 2 is 2.24 bits per heavy atom. The molecule has 1 fully saturated rings. The molecule has 0 aliphatic carbocycles. The fourth-order valence-electron chi connectivity index (χ4n) is 3.01. The number of pyridine rings is 1. The van der Waals surface area contributed by atoms with Gasteiger partial charge in [0, 0.05) is 50.5 Å². The molecule has 1 saturated heterocycles. The number of rotatable bonds is 7. The zero-order valence-corrected chi connectivity index (χ0v) is 14.8. The number of hydrogen-bond acceptors (Lipinski definition) is 6. The largest absolute Gasteiger partial charge is 0.381 e. The highest BCUT2D eigenvalue weighted by Gasteiger charge is 2.20. The van der Waals surface area contributed by atoms with E-state index < -0.39 is 0 Å². The Hall–Kier alpha value is -2.41. The van der Waals surface area contributed by atoms with Crippen molar-refractivity contribution >= 4 is 11.8 Å². The van der Waals surface area contributed by atoms with E-state index in [1.165, 1.54) is 0 Å². The highest BCUT2D eigenvalue weighted by molar-refractivity contribution is 5.43. The molecule has 2 N–H and O–H groups in total. The van der Waals surface area contributed by atoms with Gasteiger partial charge in [0.05, 0.1) is 12.3 Å². The van der Waals surface area contributed by atoms with Crippen LogP contribution < -0.4 is 16.2 Å². The van der Waals surface area contributed by atoms with Crippen LogP contribution in [0.4, 0.5) is 11.8 Å². The maximum Gasteiger partial charge on any atom is 0.250 e. The summed E-state index contributed by atoms with van der Waals surface area (Å²) in [4.78, 5) is 20.9. The zero-order chi connectivity index (χ0) is 17.6. The van der Waals surface area contributed by atoms with Gasteiger partial charge in [0.1, 0.15) is 5.82 Å². The third kappa shape index (κ3) is 4.36. The van der Waals surface area contributed by atoms with Gasteiger partial charge in [-0.3, -0.25) is 4.79 Å². The van der Waals surface area contributed by atoms with Crippen LogP contribution in [0.1, 0.15) is 30.1 Å². The highest BCUT2D eigenvalue weighted by Crippen LogP contribution is 2.25. The quantitative estimate of drug-likeness (QED) is 0.749. The van der Waals surface area contributed by atoms with Gasteiger partial charge in [-0.1, -0.05) is 6.07 Å². The number of aryl methyl sites for hydroxylation is 1. The average molecular weight is 343 g/mol. The van der Waals surface area contributed by atoms with Crippen molar-refractivity contribution in [1.82, 2.24) is 14.5 Å². The van der Waals surface area contributed by atoms with Crippen molar-refractivity contribution in [3.05, 3.63) is 46.0 Å². The van der Waals surface area contributed by atoms with E-state index in [4.69, 9.17) is 4.74 Å². The summed E-state index contributed by atoms with van der Waals surface area (Å²) >= 11 is 0. The molecular weight excluding hydrogens is 318 g/mol. The summed E-state index contributed by atoms with van der Waals surface area (Å²) in [5, 5.41) is 6.36. The minimum absolute atomic E-state index is 0.0445. The van der Waals surface area contributed by atoms with Crippen LogP contribution in [-0.2, 0) is 11.3 Å². The molecule has 7 nitrogen and oxygen atoms in total. The van der Waals surface area contributed by atoms with Gasteiger partial charge >= 0.3 is 0 Å². The Kier molecular flexibility index (Phi) is 5.65. The molecule has 0 bridgehead atoms. The Morgan fingerprint density at radius 1 is 1.36 bits per heavy atom. The van der Waals surface area contributed by atoms with E-state index in [0.29, 0.717) is 18.4 Å². The van der Waals surface area contributed by atoms with Gasteiger partial charge < -0.3 is 19.9 Å². The Balaban J connectivity index is 1.61. The van der Waals surface area contributed by atoms with Crippen molar-refractivity contribution in [2.75, 3.05) is 37.4 Å². The lowest BCUT2D eigenvalue weighted by molar-refractivity contribution is 0.193. The van der Waals surface area contributed by atoms with Gasteiger partial charge in [0.25, 0.3) is 5.56 Å². The van der Waals surface area contributed by atoms with Crippen LogP contribution in [-0.4, -0.2) is 41.3 Å². The maximum atomic E-state index is 11.9. The molecule has 7 heteroatoms. The van der Waals surface area contributed by atoms with Gasteiger partial charge in [-0.2, -0.15) is 4.98 Å². The minimum atomic E-state index is 0.0445. The monoisotopic (exact) mass is 343 g/mol. The molecule has 3 heterocycles. The summed E-state index contributed by atoms with van der Waals surface area (Å²) in [6, 6.07) is 7.34. The molecule has 1 atom stereocenters. The summed E-state index contributed by atoms with van der Waals surface area (Å²) in [5.41, 5.74) is 2.04. The van der Waals surface area contributed by atoms with Gasteiger partial charge in [-0.05, 0) is 25.8 Å². The van der Waals surface area contributed by atoms with Crippen LogP contribution >= 0.6 is 0 Å². The molecule has 0 amide bonds. The average Bonchev–Trinajstić information content (AvgIpc) is 3.15. The molecular formula is C18H25N5O2. The van der Waals surface area contributed by atoms with Gasteiger partial charge in [-0.15, -0.1) is 0 Å². The summed E-state index contributed by atoms with van der Waals surface area (Å²) in [5.74, 6) is 1.75. The summed E-state index contributed by atoms with van der Waals surface area (Å²) < 4.78 is 7.25. The van der Waals surface area contributed by atoms with Crippen LogP contribution in [0.5, 0.6) is 0 Å². The van der Waals surface area contributed by atoms with E-state index >= 15 is 0 Å². The lowest BCUT2D eigenvalue weighted by atomic mass is 10.0. The molecule has 0 spiro atoms. The number of anilines is 2. The second-order valence-electron chi connectivity index (χ2n) is 6.25. The van der Waals surface area contributed by atoms with Gasteiger partial charge in [-0.25, -0.2) is 4.98 Å². The lowest BCUT2D eigenvalue weighted by Gasteiger charge is -2.13. The predicted molar refractivity (Wildman–Crippen MR) is 98.3 cm³/mol. The van der Waals surface area contributed by atoms with Crippen molar-refractivity contribution in [3.63, 3.8) is 0 Å². The number of nitrogens with one attached hydrogen (secondary N) is 2. The summed E-state index contributed by atoms with van der Waals surface area (Å²) in [6.07, 6.45) is 1.83. The second-order valence-corrected chi connectivity index (χ2v) is 6.25. The molecule has 2 aromatic rings. The van der Waals surface area contributed by atoms with E-state index in [9.17, 15) is 4.79 Å². The summed E-state index contributed by atoms with van der Waals surface area (Å²) in [6.45, 7) is 4.88. The van der Waals surface area contributed by atoms with Crippen molar-refractivity contribution in [2.45, 2.75) is 32.2 Å². The second kappa shape index (κ2) is 8.11. The standard InChI is InChI=1S/C18H25N5O2/c1-13-5-3-6-17(24)23(13)9-4-8-20-16-11-15(14-7-10-25-12-14)21-18(19-2)22-16/h3,5-6,11,14H,4,7-10,12H2,1-2H3,(H2,19,20,21,22)/t14-/m1/s1. The first-order chi connectivity index (χ1) is 12.2. The Bertz CT molecular complexity index is 768. The van der Waals surface area contributed by atoms with E-state index in [-0.39, 0.29) is 5.56 Å². The summed E-state index contributed by atoms with van der Waals surface area (Å²) in [7, 11) is 1.82. The van der Waals surface area contributed by atoms with Gasteiger partial charge in [0.2, 0.25) is 5.95 Å². The van der Waals surface area contributed by atoms with Crippen molar-refractivity contribution in [3.8, 4) is 0 Å². The first-order valence-corrected chi connectivity index (χ1v) is 8.72. The van der Waals surface area contributed by atoms with E-state index in [0.717, 1.165) is 49.8 Å². The van der Waals surface area contributed by atoms with Crippen LogP contribution in [0.2, 0.25) is 0 Å². The number of ether oxygens (including phenoxy) is 1. The van der Waals surface area contributed by atoms with Crippen molar-refractivity contribution in [2.24, 2.45) is 0 Å². The predicted octanol–water partition coefficient (Wildman–Crippen LogP) is 1.99. The topological polar surface area (TPSA) is 81.1 Å². The third-order valence-corrected chi connectivity index (χ3v) is 4.45. The first-order valence-electron chi connectivity index (χ1n) is 8.72. The SMILES string of the molecule is CNc1nc(NCCCn2c(C)cccc2=O)cc([C@@H]2CCOC2)n1. The molecule has 0 radical (unpaired) electrons. The molecule has 0 saturated carbocycles. The van der Waals surface area contributed by atoms with E-state index in [2.05, 4.69) is 20.6 Å². The fourth-order valence-corrected chi connectivity index (χ4v) is 3.01. The molecule has 1 aliphatic heterocycles. The van der Waals surface area contributed by atoms with E-state index in [1.54, 1.807) is 16.7 Å². The molecule has 25 heavy (non-hydrogen) atoms. The Morgan fingerprint density at radius 3 is 2.96 bits per heavy atom. The molecule has 3 rings (SSSR count). The minimum Gasteiger partial charge on any atom is -0.381 e. The molecule has 0 unspecified atom stereocenters. The molecule has 0 aromatic carbocycles. The van der Waals surface area contributed by atoms with E-state index in [1.807, 2.05) is 26.1 Å². The van der Waals surface area contributed by atoms with Crippen LogP contribution in [0.15, 0.2) is 29.1 Å². The van der Waals surface area contributed by atoms with Crippen LogP contribution in [0.25, 0.3) is 0 Å². The first kappa shape index (κ1) is 17.4. The van der Waals surface area contributed by atoms with Gasteiger partial charge in [0.15, 0.2) is 0 Å². The fraction of sp³-hybridized carbons (Fsp3) is 0.500. The molecule has 1 aliphatic rings. The molecule has 134 valence electrons. The smallest absolute Gasteiger partial charge is 0.250 e. The zero-order valence-electron chi connectivity index (χ0n) is 14.8. The number of aromatic nitrogens is 3. The van der Waals surface area contributed by atoms with Crippen LogP contribution in [0.3, 0.4) is 0 Å². The lowest BCUT2D eigenvalue weighted by Crippen LogP contribution is -2.22. The normalized spacial score (nSPS) is 16.8. The van der Waals surface area contributed by atoms with Crippen molar-refractivity contribution < 1.29 is 4.74 Å². The third-order valence-electron chi connectivity index (χ3n) is 4.45. The van der Waals surface area contributed by atoms with Crippen molar-refractivity contribution in [1.29, 1.82) is 0 Å². The Labute approximate surface area is 147 Å².